The van der Waals surface area contributed by atoms with Gasteiger partial charge in [-0.2, -0.15) is 0 Å². The van der Waals surface area contributed by atoms with Crippen LogP contribution >= 0.6 is 56.2 Å². The number of para-hydroxylation sites is 3. The Balaban J connectivity index is 0.000000155. The smallest absolute Gasteiger partial charge is 0.496 e. The summed E-state index contributed by atoms with van der Waals surface area (Å²) in [4.78, 5) is 0. The van der Waals surface area contributed by atoms with E-state index in [0.717, 1.165) is 66.8 Å². The lowest BCUT2D eigenvalue weighted by atomic mass is 10.1. The lowest BCUT2D eigenvalue weighted by molar-refractivity contribution is -0.287. The van der Waals surface area contributed by atoms with Crippen LogP contribution in [-0.2, 0) is 13.7 Å². The molecule has 0 saturated carbocycles. The minimum atomic E-state index is -4.00. The van der Waals surface area contributed by atoms with Crippen molar-refractivity contribution in [2.24, 2.45) is 0 Å². The van der Waals surface area contributed by atoms with Gasteiger partial charge in [-0.1, -0.05) is 124 Å². The van der Waals surface area contributed by atoms with Crippen molar-refractivity contribution in [2.75, 3.05) is 28.4 Å². The van der Waals surface area contributed by atoms with Gasteiger partial charge in [0.15, 0.2) is 55.9 Å². The van der Waals surface area contributed by atoms with Crippen molar-refractivity contribution in [1.29, 1.82) is 0 Å². The van der Waals surface area contributed by atoms with Crippen LogP contribution in [0.3, 0.4) is 0 Å². The van der Waals surface area contributed by atoms with Crippen molar-refractivity contribution in [3.63, 3.8) is 0 Å². The fraction of sp³-hybridized carbons (Fsp3) is 0.209. The van der Waals surface area contributed by atoms with Gasteiger partial charge in [-0.05, 0) is 255 Å². The average molecular weight is 1740 g/mol. The second-order valence-corrected chi connectivity index (χ2v) is 38.2. The average Bonchev–Trinajstić information content (AvgIpc) is 1.72. The highest BCUT2D eigenvalue weighted by molar-refractivity contribution is 7.86. The summed E-state index contributed by atoms with van der Waals surface area (Å²) in [5.41, 5.74) is 9.58. The lowest BCUT2D eigenvalue weighted by Crippen LogP contribution is -2.28. The van der Waals surface area contributed by atoms with Crippen LogP contribution in [0.25, 0.3) is 0 Å². The minimum Gasteiger partial charge on any atom is -0.496 e. The van der Waals surface area contributed by atoms with Crippen molar-refractivity contribution < 1.29 is 102 Å². The van der Waals surface area contributed by atoms with E-state index in [2.05, 4.69) is 0 Å². The Morgan fingerprint density at radius 3 is 0.647 bits per heavy atom. The van der Waals surface area contributed by atoms with E-state index in [9.17, 15) is 26.3 Å². The van der Waals surface area contributed by atoms with Crippen LogP contribution in [0, 0.1) is 83.1 Å². The van der Waals surface area contributed by atoms with Gasteiger partial charge in [0.1, 0.15) is 40.2 Å². The van der Waals surface area contributed by atoms with Gasteiger partial charge in [-0.3, -0.25) is 0 Å². The van der Waals surface area contributed by atoms with Gasteiger partial charge >= 0.3 is 18.9 Å². The summed E-state index contributed by atoms with van der Waals surface area (Å²) in [6, 6.07) is 55.3. The van der Waals surface area contributed by atoms with E-state index >= 15 is 13.7 Å². The van der Waals surface area contributed by atoms with Crippen LogP contribution in [0.2, 0.25) is 15.1 Å². The Bertz CT molecular complexity index is 5590. The van der Waals surface area contributed by atoms with Crippen molar-refractivity contribution in [2.45, 2.75) is 102 Å². The predicted octanol–water partition coefficient (Wildman–Crippen LogP) is 22.0. The maximum atomic E-state index is 15.7. The number of hydrogen-bond donors (Lipinski definition) is 0. The first-order chi connectivity index (χ1) is 56.2. The van der Waals surface area contributed by atoms with Gasteiger partial charge in [0.2, 0.25) is 17.2 Å². The number of fused-ring (bicyclic) bond motifs is 3. The fourth-order valence-electron chi connectivity index (χ4n) is 15.1. The van der Waals surface area contributed by atoms with Gasteiger partial charge in [0.05, 0.1) is 43.5 Å². The van der Waals surface area contributed by atoms with Gasteiger partial charge in [-0.25, -0.2) is 0 Å². The number of halogens is 9. The molecule has 15 rings (SSSR count). The van der Waals surface area contributed by atoms with Crippen molar-refractivity contribution in [1.82, 2.24) is 0 Å². The molecule has 28 heteroatoms. The van der Waals surface area contributed by atoms with Crippen LogP contribution in [0.1, 0.15) is 66.8 Å². The molecule has 0 unspecified atom stereocenters. The standard InChI is InChI=1S/2C31H28ClF2O6P.C29H24ClF2O4P/c2*1-17-12-22(13-18(2)27(17)36-5)41(35,23-14-19(3)28(37-6)20(4)15-23)25-16-24(38-21-10-8-7-9-11-21)29-30(26(25)32)40-31(33,34)39-29;1-17-10-18(2)13-22(12-17)37(33,23-14-19(3)11-20(4)15-23)25-16-24(34-21-8-6-5-7-9-21)27-28(26(25)30)36-29(31,32)35-27/h2*7-16H,1-6H3;5-16H,1-4H3. The Kier molecular flexibility index (Phi) is 24.2. The topological polar surface area (TPSA) is 171 Å². The van der Waals surface area contributed by atoms with Gasteiger partial charge in [0.25, 0.3) is 0 Å². The van der Waals surface area contributed by atoms with E-state index < -0.39 is 57.6 Å². The lowest BCUT2D eigenvalue weighted by Gasteiger charge is -2.25. The third-order valence-electron chi connectivity index (χ3n) is 19.8. The molecule has 0 aromatic heterocycles. The maximum absolute atomic E-state index is 15.7. The molecule has 0 spiro atoms. The van der Waals surface area contributed by atoms with Crippen LogP contribution in [0.4, 0.5) is 26.3 Å². The quantitative estimate of drug-likeness (QED) is 0.0552. The molecular formula is C91H80Cl3F6O16P3. The zero-order valence-electron chi connectivity index (χ0n) is 67.3. The predicted molar refractivity (Wildman–Crippen MR) is 454 cm³/mol. The summed E-state index contributed by atoms with van der Waals surface area (Å²) in [6.07, 6.45) is -11.9. The highest BCUT2D eigenvalue weighted by atomic mass is 35.5. The highest BCUT2D eigenvalue weighted by Gasteiger charge is 2.53. The van der Waals surface area contributed by atoms with Crippen molar-refractivity contribution in [3.8, 4) is 92.0 Å². The summed E-state index contributed by atoms with van der Waals surface area (Å²) >= 11 is 20.3. The van der Waals surface area contributed by atoms with Crippen LogP contribution in [0.5, 0.6) is 92.0 Å². The number of aryl methyl sites for hydroxylation is 12. The summed E-state index contributed by atoms with van der Waals surface area (Å²) in [6.45, 7) is 22.4. The van der Waals surface area contributed by atoms with Gasteiger partial charge < -0.3 is 75.3 Å². The monoisotopic (exact) mass is 1740 g/mol. The Morgan fingerprint density at radius 1 is 0.269 bits per heavy atom. The summed E-state index contributed by atoms with van der Waals surface area (Å²) in [5.74, 6) is 0.902. The summed E-state index contributed by atoms with van der Waals surface area (Å²) in [7, 11) is -5.25. The SMILES string of the molecule is COc1c(C)cc(P(=O)(c2cc(C)c(OC)c(C)c2)c2cc(Oc3ccccc3)c3c(c2Cl)OC(F)(F)O3)cc1C.COc1c(C)cc(P(=O)(c2cc(C)c(OC)c(C)c2)c2cc(Oc3ccccc3)c3c(c2Cl)OC(F)(F)O3)cc1C.Cc1cc(C)cc(P(=O)(c2cc(C)cc(C)c2)c2cc(Oc3ccccc3)c3c(c2Cl)OC(F)(F)O3)c1. The number of alkyl halides is 6. The normalized spacial score (nSPS) is 13.8. The van der Waals surface area contributed by atoms with E-state index in [1.54, 1.807) is 168 Å². The Hall–Kier alpha value is -10.8. The molecule has 0 aliphatic carbocycles. The fourth-order valence-corrected chi connectivity index (χ4v) is 25.9. The summed E-state index contributed by atoms with van der Waals surface area (Å²) in [5, 5.41) is 2.23. The largest absolute Gasteiger partial charge is 0.586 e. The molecule has 618 valence electrons. The molecule has 0 N–H and O–H groups in total. The maximum Gasteiger partial charge on any atom is 0.586 e. The Morgan fingerprint density at radius 2 is 0.454 bits per heavy atom. The second-order valence-electron chi connectivity index (χ2n) is 28.8. The van der Waals surface area contributed by atoms with E-state index in [-0.39, 0.29) is 65.5 Å². The van der Waals surface area contributed by atoms with Gasteiger partial charge in [0, 0.05) is 47.7 Å². The zero-order valence-corrected chi connectivity index (χ0v) is 72.2. The van der Waals surface area contributed by atoms with Crippen molar-refractivity contribution in [3.05, 3.63) is 276 Å². The minimum absolute atomic E-state index is 0.0538. The third kappa shape index (κ3) is 16.9. The first-order valence-corrected chi connectivity index (χ1v) is 43.2. The number of rotatable bonds is 19. The molecule has 0 saturated heterocycles. The number of ether oxygens (including phenoxy) is 13. The first-order valence-electron chi connectivity index (χ1n) is 36.9. The second kappa shape index (κ2) is 33.4. The molecule has 12 aromatic carbocycles. The first kappa shape index (κ1) is 86.0. The van der Waals surface area contributed by atoms with E-state index in [1.165, 1.54) is 18.2 Å². The molecule has 119 heavy (non-hydrogen) atoms. The molecule has 0 fully saturated rings. The molecule has 0 atom stereocenters. The zero-order chi connectivity index (χ0) is 85.9. The van der Waals surface area contributed by atoms with E-state index in [1.807, 2.05) is 119 Å². The molecule has 0 bridgehead atoms. The third-order valence-corrected chi connectivity index (χ3v) is 30.3. The van der Waals surface area contributed by atoms with E-state index in [0.29, 0.717) is 72.1 Å². The molecule has 0 radical (unpaired) electrons. The highest BCUT2D eigenvalue weighted by Crippen LogP contribution is 2.61. The molecular weight excluding hydrogens is 1660 g/mol. The Labute approximate surface area is 699 Å². The number of methoxy groups -OCH3 is 4. The molecule has 3 heterocycles. The van der Waals surface area contributed by atoms with Crippen LogP contribution in [0.15, 0.2) is 194 Å². The summed E-state index contributed by atoms with van der Waals surface area (Å²) < 4.78 is 202. The molecule has 3 aliphatic heterocycles. The molecule has 16 nitrogen and oxygen atoms in total. The molecule has 0 amide bonds. The number of hydrogen-bond acceptors (Lipinski definition) is 16. The van der Waals surface area contributed by atoms with Crippen molar-refractivity contribution >= 4 is 104 Å². The molecule has 12 aromatic rings. The molecule has 3 aliphatic rings. The van der Waals surface area contributed by atoms with Crippen LogP contribution in [-0.4, -0.2) is 47.3 Å². The van der Waals surface area contributed by atoms with E-state index in [4.69, 9.17) is 96.4 Å². The van der Waals surface area contributed by atoms with Gasteiger partial charge in [-0.15, -0.1) is 26.3 Å². The van der Waals surface area contributed by atoms with Crippen LogP contribution < -0.4 is 109 Å². The number of benzene rings is 12.